The second kappa shape index (κ2) is 13.6. The Labute approximate surface area is 226 Å². The van der Waals surface area contributed by atoms with Crippen molar-refractivity contribution >= 4 is 23.6 Å². The zero-order valence-corrected chi connectivity index (χ0v) is 21.7. The summed E-state index contributed by atoms with van der Waals surface area (Å²) in [6, 6.07) is 23.6. The maximum Gasteiger partial charge on any atom is 0.349 e. The van der Waals surface area contributed by atoms with Gasteiger partial charge < -0.3 is 10.6 Å². The molecule has 0 saturated carbocycles. The molecule has 0 bridgehead atoms. The number of carbonyl (C=O) groups is 2. The number of benzene rings is 2. The van der Waals surface area contributed by atoms with E-state index in [4.69, 9.17) is 0 Å². The van der Waals surface area contributed by atoms with Crippen LogP contribution in [-0.4, -0.2) is 31.7 Å². The number of rotatable bonds is 11. The highest BCUT2D eigenvalue weighted by Gasteiger charge is 2.11. The lowest BCUT2D eigenvalue weighted by Crippen LogP contribution is -2.32. The van der Waals surface area contributed by atoms with Crippen LogP contribution in [-0.2, 0) is 24.2 Å². The Morgan fingerprint density at radius 2 is 1.59 bits per heavy atom. The van der Waals surface area contributed by atoms with E-state index in [-0.39, 0.29) is 24.2 Å². The summed E-state index contributed by atoms with van der Waals surface area (Å²) in [6.45, 7) is 2.37. The largest absolute Gasteiger partial charge is 0.349 e. The number of urea groups is 1. The van der Waals surface area contributed by atoms with Crippen molar-refractivity contribution < 1.29 is 9.59 Å². The van der Waals surface area contributed by atoms with Crippen molar-refractivity contribution in [2.24, 2.45) is 0 Å². The third-order valence-electron chi connectivity index (χ3n) is 6.04. The molecular weight excluding hydrogens is 494 g/mol. The van der Waals surface area contributed by atoms with Crippen LogP contribution >= 0.6 is 0 Å². The van der Waals surface area contributed by atoms with Gasteiger partial charge in [0.25, 0.3) is 0 Å². The van der Waals surface area contributed by atoms with Gasteiger partial charge in [0, 0.05) is 12.7 Å². The molecule has 39 heavy (non-hydrogen) atoms. The number of aryl methyl sites for hydroxylation is 2. The lowest BCUT2D eigenvalue weighted by Gasteiger charge is -2.14. The third-order valence-corrected chi connectivity index (χ3v) is 6.04. The topological polar surface area (TPSA) is 131 Å². The number of aromatic nitrogens is 4. The zero-order valence-electron chi connectivity index (χ0n) is 21.7. The van der Waals surface area contributed by atoms with E-state index in [1.54, 1.807) is 18.3 Å². The van der Waals surface area contributed by atoms with Crippen LogP contribution in [0.25, 0.3) is 0 Å². The Bertz CT molecular complexity index is 1420. The second-order valence-corrected chi connectivity index (χ2v) is 9.10. The van der Waals surface area contributed by atoms with Crippen molar-refractivity contribution in [1.29, 1.82) is 0 Å². The molecule has 2 aromatic heterocycles. The molecule has 3 N–H and O–H groups in total. The van der Waals surface area contributed by atoms with Crippen LogP contribution in [0.4, 0.5) is 16.4 Å². The number of nitrogens with zero attached hydrogens (tertiary/aromatic N) is 4. The normalized spacial score (nSPS) is 11.4. The van der Waals surface area contributed by atoms with Crippen LogP contribution in [0.15, 0.2) is 89.9 Å². The summed E-state index contributed by atoms with van der Waals surface area (Å²) in [6.07, 6.45) is 4.11. The van der Waals surface area contributed by atoms with Gasteiger partial charge in [0.1, 0.15) is 5.82 Å². The number of anilines is 2. The number of unbranched alkanes of at least 4 members (excludes halogenated alkanes) is 1. The predicted molar refractivity (Wildman–Crippen MR) is 149 cm³/mol. The summed E-state index contributed by atoms with van der Waals surface area (Å²) < 4.78 is 1.51. The number of nitrogens with one attached hydrogen (secondary N) is 3. The maximum atomic E-state index is 12.4. The van der Waals surface area contributed by atoms with Crippen LogP contribution in [0, 0.1) is 0 Å². The standard InChI is InChI=1S/C29H31N7O3/c1-21(23-12-6-3-7-13-23)30-28(38)32-25-17-19-36(29(39)33-25)18-9-8-14-24-15-16-26(35-34-24)31-27(37)20-22-10-4-2-5-11-22/h2-7,10-13,15-17,19,21H,8-9,14,18,20H2,1H3,(H,31,35,37)(H2,30,32,33,38,39)/t21-/m0/s1. The molecule has 0 aliphatic heterocycles. The first-order chi connectivity index (χ1) is 19.0. The van der Waals surface area contributed by atoms with E-state index in [1.807, 2.05) is 73.7 Å². The molecule has 2 heterocycles. The summed E-state index contributed by atoms with van der Waals surface area (Å²) in [7, 11) is 0. The highest BCUT2D eigenvalue weighted by atomic mass is 16.2. The summed E-state index contributed by atoms with van der Waals surface area (Å²) in [5, 5.41) is 16.5. The molecule has 2 aromatic carbocycles. The highest BCUT2D eigenvalue weighted by molar-refractivity contribution is 5.91. The first kappa shape index (κ1) is 27.2. The van der Waals surface area contributed by atoms with Crippen molar-refractivity contribution in [3.63, 3.8) is 0 Å². The van der Waals surface area contributed by atoms with Crippen molar-refractivity contribution in [3.05, 3.63) is 112 Å². The molecular formula is C29H31N7O3. The first-order valence-corrected chi connectivity index (χ1v) is 12.8. The van der Waals surface area contributed by atoms with E-state index in [0.717, 1.165) is 29.7 Å². The minimum absolute atomic E-state index is 0.147. The number of hydrogen-bond donors (Lipinski definition) is 3. The zero-order chi connectivity index (χ0) is 27.5. The van der Waals surface area contributed by atoms with Gasteiger partial charge in [0.05, 0.1) is 18.2 Å². The summed E-state index contributed by atoms with van der Waals surface area (Å²) in [5.41, 5.74) is 2.28. The van der Waals surface area contributed by atoms with Gasteiger partial charge in [-0.15, -0.1) is 5.10 Å². The molecule has 200 valence electrons. The fourth-order valence-electron chi connectivity index (χ4n) is 3.96. The third kappa shape index (κ3) is 8.60. The molecule has 0 fully saturated rings. The fourth-order valence-corrected chi connectivity index (χ4v) is 3.96. The van der Waals surface area contributed by atoms with Crippen molar-refractivity contribution in [1.82, 2.24) is 25.1 Å². The maximum absolute atomic E-state index is 12.4. The molecule has 0 aliphatic carbocycles. The summed E-state index contributed by atoms with van der Waals surface area (Å²) >= 11 is 0. The molecule has 10 heteroatoms. The highest BCUT2D eigenvalue weighted by Crippen LogP contribution is 2.12. The van der Waals surface area contributed by atoms with Crippen LogP contribution in [0.2, 0.25) is 0 Å². The lowest BCUT2D eigenvalue weighted by molar-refractivity contribution is -0.115. The Balaban J connectivity index is 1.18. The number of carbonyl (C=O) groups excluding carboxylic acids is 2. The number of hydrogen-bond acceptors (Lipinski definition) is 6. The minimum atomic E-state index is -0.432. The molecule has 3 amide bonds. The van der Waals surface area contributed by atoms with E-state index in [1.165, 1.54) is 4.57 Å². The molecule has 0 radical (unpaired) electrons. The van der Waals surface area contributed by atoms with Crippen molar-refractivity contribution in [3.8, 4) is 0 Å². The predicted octanol–water partition coefficient (Wildman–Crippen LogP) is 4.12. The Hall–Kier alpha value is -4.86. The van der Waals surface area contributed by atoms with Gasteiger partial charge in [-0.2, -0.15) is 10.1 Å². The second-order valence-electron chi connectivity index (χ2n) is 9.10. The molecule has 0 saturated heterocycles. The van der Waals surface area contributed by atoms with E-state index < -0.39 is 11.7 Å². The van der Waals surface area contributed by atoms with E-state index in [9.17, 15) is 14.4 Å². The van der Waals surface area contributed by atoms with Gasteiger partial charge in [0.15, 0.2) is 5.82 Å². The SMILES string of the molecule is C[C@H](NC(=O)Nc1ccn(CCCCc2ccc(NC(=O)Cc3ccccc3)nn2)c(=O)n1)c1ccccc1. The van der Waals surface area contributed by atoms with Gasteiger partial charge >= 0.3 is 11.7 Å². The fraction of sp³-hybridized carbons (Fsp3) is 0.241. The molecule has 0 spiro atoms. The van der Waals surface area contributed by atoms with Crippen molar-refractivity contribution in [2.75, 3.05) is 10.6 Å². The van der Waals surface area contributed by atoms with Gasteiger partial charge in [-0.05, 0) is 55.5 Å². The van der Waals surface area contributed by atoms with E-state index in [2.05, 4.69) is 31.1 Å². The van der Waals surface area contributed by atoms with E-state index in [0.29, 0.717) is 18.8 Å². The average Bonchev–Trinajstić information content (AvgIpc) is 2.94. The molecule has 0 aliphatic rings. The molecule has 4 rings (SSSR count). The van der Waals surface area contributed by atoms with E-state index >= 15 is 0 Å². The Morgan fingerprint density at radius 3 is 2.28 bits per heavy atom. The monoisotopic (exact) mass is 525 g/mol. The van der Waals surface area contributed by atoms with Crippen LogP contribution in [0.5, 0.6) is 0 Å². The van der Waals surface area contributed by atoms with Gasteiger partial charge in [-0.25, -0.2) is 9.59 Å². The Morgan fingerprint density at radius 1 is 0.846 bits per heavy atom. The van der Waals surface area contributed by atoms with Crippen LogP contribution in [0.3, 0.4) is 0 Å². The van der Waals surface area contributed by atoms with Gasteiger partial charge in [-0.3, -0.25) is 14.7 Å². The molecule has 0 unspecified atom stereocenters. The summed E-state index contributed by atoms with van der Waals surface area (Å²) in [5.74, 6) is 0.459. The number of amides is 3. The van der Waals surface area contributed by atoms with Crippen molar-refractivity contribution in [2.45, 2.75) is 45.2 Å². The molecule has 4 aromatic rings. The lowest BCUT2D eigenvalue weighted by atomic mass is 10.1. The quantitative estimate of drug-likeness (QED) is 0.253. The summed E-state index contributed by atoms with van der Waals surface area (Å²) in [4.78, 5) is 40.8. The average molecular weight is 526 g/mol. The van der Waals surface area contributed by atoms with Gasteiger partial charge in [-0.1, -0.05) is 60.7 Å². The smallest absolute Gasteiger partial charge is 0.331 e. The Kier molecular flexibility index (Phi) is 9.49. The molecule has 10 nitrogen and oxygen atoms in total. The minimum Gasteiger partial charge on any atom is -0.331 e. The van der Waals surface area contributed by atoms with Crippen LogP contribution < -0.4 is 21.6 Å². The van der Waals surface area contributed by atoms with Crippen LogP contribution in [0.1, 0.15) is 42.6 Å². The first-order valence-electron chi connectivity index (χ1n) is 12.8. The van der Waals surface area contributed by atoms with Gasteiger partial charge in [0.2, 0.25) is 5.91 Å². The molecule has 1 atom stereocenters.